The molecule has 2 rings (SSSR count). The van der Waals surface area contributed by atoms with Crippen LogP contribution in [-0.2, 0) is 6.54 Å². The number of pyridine rings is 1. The fourth-order valence-corrected chi connectivity index (χ4v) is 1.72. The third kappa shape index (κ3) is 2.43. The zero-order valence-corrected chi connectivity index (χ0v) is 10.3. The number of hydrogen-bond donors (Lipinski definition) is 0. The molecule has 0 spiro atoms. The fraction of sp³-hybridized carbons (Fsp3) is 0.417. The molecule has 0 saturated heterocycles. The number of nitrogens with zero attached hydrogens (tertiary/aromatic N) is 4. The van der Waals surface area contributed by atoms with Crippen molar-refractivity contribution in [2.45, 2.75) is 20.4 Å². The van der Waals surface area contributed by atoms with Gasteiger partial charge in [-0.05, 0) is 12.0 Å². The Hall–Kier alpha value is -1.91. The highest BCUT2D eigenvalue weighted by molar-refractivity contribution is 5.62. The fourth-order valence-electron chi connectivity index (χ4n) is 1.72. The van der Waals surface area contributed by atoms with Crippen molar-refractivity contribution in [3.63, 3.8) is 0 Å². The quantitative estimate of drug-likeness (QED) is 0.809. The molecule has 0 aliphatic heterocycles. The van der Waals surface area contributed by atoms with Gasteiger partial charge in [-0.2, -0.15) is 0 Å². The summed E-state index contributed by atoms with van der Waals surface area (Å²) in [4.78, 5) is 4.03. The van der Waals surface area contributed by atoms with Gasteiger partial charge >= 0.3 is 0 Å². The van der Waals surface area contributed by atoms with E-state index in [2.05, 4.69) is 29.0 Å². The van der Waals surface area contributed by atoms with Crippen molar-refractivity contribution < 1.29 is 4.74 Å². The Morgan fingerprint density at radius 1 is 1.41 bits per heavy atom. The van der Waals surface area contributed by atoms with Crippen LogP contribution >= 0.6 is 0 Å². The van der Waals surface area contributed by atoms with Crippen molar-refractivity contribution in [1.29, 1.82) is 0 Å². The SMILES string of the molecule is COc1cnccc1-c1nncn1CC(C)C. The predicted molar refractivity (Wildman–Crippen MR) is 64.6 cm³/mol. The molecule has 2 aromatic rings. The van der Waals surface area contributed by atoms with Crippen molar-refractivity contribution in [3.05, 3.63) is 24.8 Å². The van der Waals surface area contributed by atoms with Gasteiger partial charge in [-0.25, -0.2) is 0 Å². The molecule has 5 nitrogen and oxygen atoms in total. The Kier molecular flexibility index (Phi) is 3.37. The topological polar surface area (TPSA) is 52.8 Å². The molecule has 0 aromatic carbocycles. The lowest BCUT2D eigenvalue weighted by atomic mass is 10.2. The van der Waals surface area contributed by atoms with Gasteiger partial charge in [0.1, 0.15) is 12.1 Å². The minimum atomic E-state index is 0.539. The molecule has 0 saturated carbocycles. The van der Waals surface area contributed by atoms with Crippen LogP contribution in [0.1, 0.15) is 13.8 Å². The van der Waals surface area contributed by atoms with Crippen LogP contribution in [0.15, 0.2) is 24.8 Å². The molecule has 0 bridgehead atoms. The molecule has 0 aliphatic carbocycles. The first kappa shape index (κ1) is 11.6. The summed E-state index contributed by atoms with van der Waals surface area (Å²) in [5, 5.41) is 8.12. The first-order chi connectivity index (χ1) is 8.22. The highest BCUT2D eigenvalue weighted by Crippen LogP contribution is 2.27. The Labute approximate surface area is 100 Å². The van der Waals surface area contributed by atoms with Crippen LogP contribution in [0.2, 0.25) is 0 Å². The Bertz CT molecular complexity index is 493. The molecule has 5 heteroatoms. The van der Waals surface area contributed by atoms with E-state index in [0.717, 1.165) is 17.9 Å². The van der Waals surface area contributed by atoms with Crippen LogP contribution < -0.4 is 4.74 Å². The molecule has 2 heterocycles. The highest BCUT2D eigenvalue weighted by atomic mass is 16.5. The Morgan fingerprint density at radius 2 is 2.24 bits per heavy atom. The van der Waals surface area contributed by atoms with Gasteiger partial charge in [0.15, 0.2) is 5.82 Å². The van der Waals surface area contributed by atoms with Gasteiger partial charge in [-0.1, -0.05) is 13.8 Å². The normalized spacial score (nSPS) is 10.8. The molecule has 90 valence electrons. The summed E-state index contributed by atoms with van der Waals surface area (Å²) >= 11 is 0. The third-order valence-corrected chi connectivity index (χ3v) is 2.42. The van der Waals surface area contributed by atoms with E-state index in [0.29, 0.717) is 11.7 Å². The third-order valence-electron chi connectivity index (χ3n) is 2.42. The Balaban J connectivity index is 2.42. The largest absolute Gasteiger partial charge is 0.494 e. The van der Waals surface area contributed by atoms with Crippen LogP contribution in [0.25, 0.3) is 11.4 Å². The zero-order valence-electron chi connectivity index (χ0n) is 10.3. The van der Waals surface area contributed by atoms with Gasteiger partial charge in [-0.3, -0.25) is 4.98 Å². The molecule has 0 aliphatic rings. The van der Waals surface area contributed by atoms with Crippen LogP contribution in [0.4, 0.5) is 0 Å². The van der Waals surface area contributed by atoms with Gasteiger partial charge < -0.3 is 9.30 Å². The van der Waals surface area contributed by atoms with Crippen molar-refractivity contribution in [2.24, 2.45) is 5.92 Å². The van der Waals surface area contributed by atoms with Crippen LogP contribution in [0.3, 0.4) is 0 Å². The van der Waals surface area contributed by atoms with Gasteiger partial charge in [0, 0.05) is 12.7 Å². The molecular weight excluding hydrogens is 216 g/mol. The highest BCUT2D eigenvalue weighted by Gasteiger charge is 2.12. The summed E-state index contributed by atoms with van der Waals surface area (Å²) in [5.41, 5.74) is 0.917. The van der Waals surface area contributed by atoms with E-state index in [4.69, 9.17) is 4.74 Å². The van der Waals surface area contributed by atoms with Gasteiger partial charge in [-0.15, -0.1) is 10.2 Å². The molecule has 17 heavy (non-hydrogen) atoms. The number of hydrogen-bond acceptors (Lipinski definition) is 4. The molecular formula is C12H16N4O. The molecule has 0 amide bonds. The molecule has 0 unspecified atom stereocenters. The minimum Gasteiger partial charge on any atom is -0.494 e. The summed E-state index contributed by atoms with van der Waals surface area (Å²) in [6.45, 7) is 5.20. The lowest BCUT2D eigenvalue weighted by Crippen LogP contribution is -2.05. The second-order valence-electron chi connectivity index (χ2n) is 4.28. The summed E-state index contributed by atoms with van der Waals surface area (Å²) in [5.74, 6) is 2.07. The van der Waals surface area contributed by atoms with Crippen LogP contribution in [-0.4, -0.2) is 26.9 Å². The van der Waals surface area contributed by atoms with Crippen LogP contribution in [0.5, 0.6) is 5.75 Å². The van der Waals surface area contributed by atoms with E-state index in [1.807, 2.05) is 10.6 Å². The van der Waals surface area contributed by atoms with E-state index in [1.165, 1.54) is 0 Å². The molecule has 2 aromatic heterocycles. The maximum Gasteiger partial charge on any atom is 0.167 e. The second-order valence-corrected chi connectivity index (χ2v) is 4.28. The maximum atomic E-state index is 5.29. The van der Waals surface area contributed by atoms with Gasteiger partial charge in [0.05, 0.1) is 18.9 Å². The smallest absolute Gasteiger partial charge is 0.167 e. The number of aromatic nitrogens is 4. The monoisotopic (exact) mass is 232 g/mol. The lowest BCUT2D eigenvalue weighted by molar-refractivity contribution is 0.413. The predicted octanol–water partition coefficient (Wildman–Crippen LogP) is 2.00. The average Bonchev–Trinajstić information content (AvgIpc) is 2.76. The summed E-state index contributed by atoms with van der Waals surface area (Å²) in [6, 6.07) is 1.89. The first-order valence-electron chi connectivity index (χ1n) is 5.58. The number of ether oxygens (including phenoxy) is 1. The van der Waals surface area contributed by atoms with E-state index >= 15 is 0 Å². The Morgan fingerprint density at radius 3 is 2.94 bits per heavy atom. The summed E-state index contributed by atoms with van der Waals surface area (Å²) in [7, 11) is 1.63. The number of methoxy groups -OCH3 is 1. The van der Waals surface area contributed by atoms with E-state index < -0.39 is 0 Å². The molecule has 0 radical (unpaired) electrons. The van der Waals surface area contributed by atoms with E-state index in [-0.39, 0.29) is 0 Å². The minimum absolute atomic E-state index is 0.539. The number of rotatable bonds is 4. The van der Waals surface area contributed by atoms with E-state index in [9.17, 15) is 0 Å². The lowest BCUT2D eigenvalue weighted by Gasteiger charge is -2.11. The molecule has 0 fully saturated rings. The van der Waals surface area contributed by atoms with Crippen molar-refractivity contribution in [2.75, 3.05) is 7.11 Å². The van der Waals surface area contributed by atoms with Gasteiger partial charge in [0.2, 0.25) is 0 Å². The average molecular weight is 232 g/mol. The molecule has 0 atom stereocenters. The van der Waals surface area contributed by atoms with Crippen molar-refractivity contribution >= 4 is 0 Å². The van der Waals surface area contributed by atoms with Crippen molar-refractivity contribution in [1.82, 2.24) is 19.7 Å². The van der Waals surface area contributed by atoms with Gasteiger partial charge in [0.25, 0.3) is 0 Å². The first-order valence-corrected chi connectivity index (χ1v) is 5.58. The standard InChI is InChI=1S/C12H16N4O/c1-9(2)7-16-8-14-15-12(16)10-4-5-13-6-11(10)17-3/h4-6,8-9H,7H2,1-3H3. The van der Waals surface area contributed by atoms with E-state index in [1.54, 1.807) is 25.8 Å². The summed E-state index contributed by atoms with van der Waals surface area (Å²) in [6.07, 6.45) is 5.16. The zero-order chi connectivity index (χ0) is 12.3. The van der Waals surface area contributed by atoms with Crippen molar-refractivity contribution in [3.8, 4) is 17.1 Å². The summed E-state index contributed by atoms with van der Waals surface area (Å²) < 4.78 is 7.32. The maximum absolute atomic E-state index is 5.29. The van der Waals surface area contributed by atoms with Crippen LogP contribution in [0, 0.1) is 5.92 Å². The molecule has 0 N–H and O–H groups in total. The second kappa shape index (κ2) is 4.95.